The molecule has 4 N–H and O–H groups in total. The lowest BCUT2D eigenvalue weighted by molar-refractivity contribution is -0.127. The highest BCUT2D eigenvalue weighted by molar-refractivity contribution is 6.54. The van der Waals surface area contributed by atoms with Gasteiger partial charge in [0.15, 0.2) is 0 Å². The van der Waals surface area contributed by atoms with Crippen molar-refractivity contribution in [3.05, 3.63) is 0 Å². The number of halogens is 1. The number of primary amides is 2. The first-order chi connectivity index (χ1) is 4.45. The second-order valence-corrected chi connectivity index (χ2v) is 2.06. The number of carbonyl (C=O) groups is 2. The molecular formula is C4H4ClN2O3. The third-order valence-corrected chi connectivity index (χ3v) is 1.27. The molecule has 0 bridgehead atoms. The fourth-order valence-corrected chi connectivity index (χ4v) is 0.222. The van der Waals surface area contributed by atoms with Gasteiger partial charge in [-0.2, -0.15) is 0 Å². The van der Waals surface area contributed by atoms with Crippen molar-refractivity contribution in [1.29, 1.82) is 0 Å². The number of hydrogen-bond acceptors (Lipinski definition) is 3. The van der Waals surface area contributed by atoms with Crippen LogP contribution in [0.1, 0.15) is 0 Å². The monoisotopic (exact) mass is 163 g/mol. The molecule has 0 aromatic carbocycles. The molecule has 0 aliphatic rings. The van der Waals surface area contributed by atoms with E-state index in [2.05, 4.69) is 11.5 Å². The molecule has 6 heteroatoms. The van der Waals surface area contributed by atoms with E-state index in [1.807, 2.05) is 0 Å². The number of rotatable bonds is 3. The quantitative estimate of drug-likeness (QED) is 0.373. The Morgan fingerprint density at radius 1 is 1.30 bits per heavy atom. The molecule has 0 saturated carbocycles. The van der Waals surface area contributed by atoms with Crippen LogP contribution in [0, 0.1) is 0 Å². The lowest BCUT2D eigenvalue weighted by atomic mass is 10.1. The molecule has 0 heterocycles. The molecular weight excluding hydrogens is 160 g/mol. The number of nitrogens with two attached hydrogens (primary N) is 2. The zero-order chi connectivity index (χ0) is 8.36. The molecule has 0 atom stereocenters. The van der Waals surface area contributed by atoms with E-state index in [0.29, 0.717) is 0 Å². The van der Waals surface area contributed by atoms with Crippen LogP contribution >= 0.6 is 11.6 Å². The molecule has 0 aliphatic carbocycles. The summed E-state index contributed by atoms with van der Waals surface area (Å²) < 4.78 is 0. The van der Waals surface area contributed by atoms with Crippen LogP contribution < -0.4 is 11.5 Å². The molecule has 55 valence electrons. The Bertz CT molecular complexity index is 177. The van der Waals surface area contributed by atoms with E-state index < -0.39 is 16.7 Å². The Morgan fingerprint density at radius 3 is 1.60 bits per heavy atom. The maximum atomic E-state index is 10.2. The molecule has 5 nitrogen and oxygen atoms in total. The van der Waals surface area contributed by atoms with Gasteiger partial charge in [-0.3, -0.25) is 14.4 Å². The summed E-state index contributed by atoms with van der Waals surface area (Å²) in [6, 6.07) is 0. The van der Waals surface area contributed by atoms with Crippen molar-refractivity contribution < 1.29 is 14.4 Å². The lowest BCUT2D eigenvalue weighted by Gasteiger charge is -2.08. The second kappa shape index (κ2) is 2.66. The smallest absolute Gasteiger partial charge is 0.265 e. The predicted molar refractivity (Wildman–Crippen MR) is 32.7 cm³/mol. The van der Waals surface area contributed by atoms with Crippen LogP contribution in [0.15, 0.2) is 0 Å². The summed E-state index contributed by atoms with van der Waals surface area (Å²) in [7, 11) is 0. The molecule has 1 radical (unpaired) electrons. The minimum Gasteiger partial charge on any atom is -0.367 e. The molecule has 10 heavy (non-hydrogen) atoms. The van der Waals surface area contributed by atoms with Gasteiger partial charge in [-0.1, -0.05) is 11.6 Å². The van der Waals surface area contributed by atoms with Crippen molar-refractivity contribution >= 4 is 29.7 Å². The van der Waals surface area contributed by atoms with Crippen molar-refractivity contribution in [2.24, 2.45) is 11.5 Å². The molecule has 0 unspecified atom stereocenters. The summed E-state index contributed by atoms with van der Waals surface area (Å²) >= 11 is 5.02. The van der Waals surface area contributed by atoms with Crippen molar-refractivity contribution in [2.75, 3.05) is 0 Å². The molecule has 0 aliphatic heterocycles. The zero-order valence-corrected chi connectivity index (χ0v) is 5.51. The number of alkyl halides is 1. The number of carbonyl (C=O) groups excluding carboxylic acids is 3. The fraction of sp³-hybridized carbons (Fsp3) is 0.250. The topological polar surface area (TPSA) is 103 Å². The molecule has 0 aromatic heterocycles. The van der Waals surface area contributed by atoms with Crippen LogP contribution in [0.25, 0.3) is 0 Å². The van der Waals surface area contributed by atoms with E-state index in [-0.39, 0.29) is 0 Å². The van der Waals surface area contributed by atoms with Gasteiger partial charge in [-0.25, -0.2) is 0 Å². The van der Waals surface area contributed by atoms with Crippen molar-refractivity contribution in [3.8, 4) is 0 Å². The maximum absolute atomic E-state index is 10.2. The second-order valence-electron chi connectivity index (χ2n) is 1.49. The number of amides is 2. The zero-order valence-electron chi connectivity index (χ0n) is 4.76. The SMILES string of the molecule is NC(=O)C(Cl)([C]=O)C(N)=O. The van der Waals surface area contributed by atoms with Gasteiger partial charge in [0.25, 0.3) is 16.7 Å². The molecule has 0 saturated heterocycles. The molecule has 0 fully saturated rings. The van der Waals surface area contributed by atoms with Gasteiger partial charge in [0.2, 0.25) is 6.29 Å². The lowest BCUT2D eigenvalue weighted by Crippen LogP contribution is -2.50. The van der Waals surface area contributed by atoms with E-state index in [0.717, 1.165) is 6.29 Å². The van der Waals surface area contributed by atoms with Gasteiger partial charge < -0.3 is 11.5 Å². The summed E-state index contributed by atoms with van der Waals surface area (Å²) in [5, 5.41) is 0. The summed E-state index contributed by atoms with van der Waals surface area (Å²) in [4.78, 5) is 27.8. The molecule has 0 spiro atoms. The van der Waals surface area contributed by atoms with Crippen LogP contribution in [-0.2, 0) is 14.4 Å². The minimum atomic E-state index is -2.51. The first kappa shape index (κ1) is 8.90. The van der Waals surface area contributed by atoms with Crippen molar-refractivity contribution in [2.45, 2.75) is 4.87 Å². The largest absolute Gasteiger partial charge is 0.367 e. The van der Waals surface area contributed by atoms with E-state index in [1.165, 1.54) is 0 Å². The average molecular weight is 164 g/mol. The highest BCUT2D eigenvalue weighted by Crippen LogP contribution is 2.09. The third-order valence-electron chi connectivity index (χ3n) is 0.820. The standard InChI is InChI=1S/C4H4ClN2O3/c5-4(1-8,2(6)9)3(7)10/h(H2,6,9)(H2,7,10). The van der Waals surface area contributed by atoms with Gasteiger partial charge in [-0.15, -0.1) is 0 Å². The van der Waals surface area contributed by atoms with Gasteiger partial charge in [0.1, 0.15) is 0 Å². The Kier molecular flexibility index (Phi) is 2.36. The van der Waals surface area contributed by atoms with Crippen molar-refractivity contribution in [1.82, 2.24) is 0 Å². The predicted octanol–water partition coefficient (Wildman–Crippen LogP) is -1.96. The van der Waals surface area contributed by atoms with Gasteiger partial charge in [0, 0.05) is 0 Å². The fourth-order valence-electron chi connectivity index (χ4n) is 0.222. The molecule has 2 amide bonds. The summed E-state index contributed by atoms with van der Waals surface area (Å²) in [5.41, 5.74) is 9.10. The molecule has 0 rings (SSSR count). The van der Waals surface area contributed by atoms with E-state index in [4.69, 9.17) is 11.6 Å². The first-order valence-electron chi connectivity index (χ1n) is 2.13. The van der Waals surface area contributed by atoms with E-state index >= 15 is 0 Å². The summed E-state index contributed by atoms with van der Waals surface area (Å²) in [5.74, 6) is -2.65. The Morgan fingerprint density at radius 2 is 1.60 bits per heavy atom. The highest BCUT2D eigenvalue weighted by Gasteiger charge is 2.42. The Balaban J connectivity index is 4.72. The summed E-state index contributed by atoms with van der Waals surface area (Å²) in [6.07, 6.45) is 0.944. The maximum Gasteiger partial charge on any atom is 0.265 e. The van der Waals surface area contributed by atoms with Crippen LogP contribution in [0.4, 0.5) is 0 Å². The first-order valence-corrected chi connectivity index (χ1v) is 2.51. The van der Waals surface area contributed by atoms with Gasteiger partial charge in [0.05, 0.1) is 0 Å². The van der Waals surface area contributed by atoms with E-state index in [9.17, 15) is 14.4 Å². The minimum absolute atomic E-state index is 0.944. The average Bonchev–Trinajstić information content (AvgIpc) is 1.85. The van der Waals surface area contributed by atoms with Crippen LogP contribution in [-0.4, -0.2) is 23.0 Å². The molecule has 0 aromatic rings. The van der Waals surface area contributed by atoms with Crippen LogP contribution in [0.3, 0.4) is 0 Å². The van der Waals surface area contributed by atoms with E-state index in [1.54, 1.807) is 0 Å². The van der Waals surface area contributed by atoms with Gasteiger partial charge in [-0.05, 0) is 0 Å². The highest BCUT2D eigenvalue weighted by atomic mass is 35.5. The Labute approximate surface area is 61.3 Å². The third kappa shape index (κ3) is 1.24. The van der Waals surface area contributed by atoms with Crippen LogP contribution in [0.5, 0.6) is 0 Å². The van der Waals surface area contributed by atoms with Gasteiger partial charge >= 0.3 is 0 Å². The van der Waals surface area contributed by atoms with Crippen molar-refractivity contribution in [3.63, 3.8) is 0 Å². The number of hydrogen-bond donors (Lipinski definition) is 2. The normalized spacial score (nSPS) is 10.5. The Hall–Kier alpha value is -1.10. The summed E-state index contributed by atoms with van der Waals surface area (Å²) in [6.45, 7) is 0. The van der Waals surface area contributed by atoms with Crippen LogP contribution in [0.2, 0.25) is 0 Å².